The van der Waals surface area contributed by atoms with Crippen LogP contribution in [-0.4, -0.2) is 16.1 Å². The highest BCUT2D eigenvalue weighted by Gasteiger charge is 2.03. The Morgan fingerprint density at radius 1 is 1.71 bits per heavy atom. The van der Waals surface area contributed by atoms with E-state index in [-0.39, 0.29) is 11.0 Å². The molecule has 0 radical (unpaired) electrons. The van der Waals surface area contributed by atoms with E-state index in [0.717, 1.165) is 6.08 Å². The number of nitrogens with two attached hydrogens (primary N) is 1. The Balaban J connectivity index is 3.10. The van der Waals surface area contributed by atoms with Gasteiger partial charge in [0.25, 0.3) is 0 Å². The Morgan fingerprint density at radius 2 is 2.36 bits per heavy atom. The molecule has 0 aliphatic rings. The summed E-state index contributed by atoms with van der Waals surface area (Å²) in [7, 11) is 0. The van der Waals surface area contributed by atoms with E-state index in [0.29, 0.717) is 10.0 Å². The van der Waals surface area contributed by atoms with Crippen LogP contribution in [0.2, 0.25) is 5.15 Å². The number of nitrogens with zero attached hydrogens (tertiary/aromatic N) is 1. The second kappa shape index (κ2) is 4.43. The molecule has 1 aromatic heterocycles. The minimum Gasteiger partial charge on any atom is -0.478 e. The van der Waals surface area contributed by atoms with Crippen molar-refractivity contribution in [3.8, 4) is 0 Å². The molecule has 74 valence electrons. The highest BCUT2D eigenvalue weighted by atomic mass is 79.9. The number of hydrogen-bond donors (Lipinski definition) is 2. The van der Waals surface area contributed by atoms with Crippen molar-refractivity contribution in [1.82, 2.24) is 4.98 Å². The number of carbonyl (C=O) groups is 1. The summed E-state index contributed by atoms with van der Waals surface area (Å²) in [6, 6.07) is 1.60. The summed E-state index contributed by atoms with van der Waals surface area (Å²) in [5.41, 5.74) is 6.02. The number of pyridine rings is 1. The van der Waals surface area contributed by atoms with Gasteiger partial charge in [-0.3, -0.25) is 0 Å². The predicted molar refractivity (Wildman–Crippen MR) is 58.0 cm³/mol. The molecular weight excluding hydrogens is 271 g/mol. The van der Waals surface area contributed by atoms with Crippen LogP contribution in [0.15, 0.2) is 16.6 Å². The zero-order valence-corrected chi connectivity index (χ0v) is 9.21. The number of hydrogen-bond acceptors (Lipinski definition) is 3. The average molecular weight is 278 g/mol. The van der Waals surface area contributed by atoms with Crippen LogP contribution in [0.25, 0.3) is 6.08 Å². The monoisotopic (exact) mass is 276 g/mol. The smallest absolute Gasteiger partial charge is 0.328 e. The molecule has 0 aliphatic carbocycles. The van der Waals surface area contributed by atoms with E-state index in [4.69, 9.17) is 22.4 Å². The van der Waals surface area contributed by atoms with Crippen molar-refractivity contribution in [2.24, 2.45) is 0 Å². The third-order valence-corrected chi connectivity index (χ3v) is 2.52. The van der Waals surface area contributed by atoms with Crippen LogP contribution in [0.4, 0.5) is 5.82 Å². The Hall–Kier alpha value is -1.07. The van der Waals surface area contributed by atoms with Crippen LogP contribution in [0.1, 0.15) is 5.56 Å². The zero-order chi connectivity index (χ0) is 10.7. The fraction of sp³-hybridized carbons (Fsp3) is 0. The molecule has 0 bridgehead atoms. The van der Waals surface area contributed by atoms with Gasteiger partial charge in [0.2, 0.25) is 0 Å². The lowest BCUT2D eigenvalue weighted by atomic mass is 10.2. The van der Waals surface area contributed by atoms with Crippen LogP contribution in [0.5, 0.6) is 0 Å². The van der Waals surface area contributed by atoms with Crippen molar-refractivity contribution in [2.45, 2.75) is 0 Å². The van der Waals surface area contributed by atoms with E-state index in [2.05, 4.69) is 20.9 Å². The molecule has 0 saturated heterocycles. The van der Waals surface area contributed by atoms with Crippen molar-refractivity contribution in [3.05, 3.63) is 27.3 Å². The third kappa shape index (κ3) is 2.71. The largest absolute Gasteiger partial charge is 0.478 e. The molecule has 0 unspecified atom stereocenters. The summed E-state index contributed by atoms with van der Waals surface area (Å²) in [6.07, 6.45) is 2.33. The standard InChI is InChI=1S/C8H6BrClN2O2/c9-5-3-4(1-2-6(13)14)8(11)12-7(5)10/h1-3H,(H2,11,12)(H,13,14)/b2-1+. The van der Waals surface area contributed by atoms with E-state index in [9.17, 15) is 4.79 Å². The van der Waals surface area contributed by atoms with Gasteiger partial charge in [-0.25, -0.2) is 9.78 Å². The molecule has 0 amide bonds. The zero-order valence-electron chi connectivity index (χ0n) is 6.87. The van der Waals surface area contributed by atoms with Crippen molar-refractivity contribution < 1.29 is 9.90 Å². The number of nitrogen functional groups attached to an aromatic ring is 1. The predicted octanol–water partition coefficient (Wildman–Crippen LogP) is 2.18. The molecule has 6 heteroatoms. The van der Waals surface area contributed by atoms with Crippen LogP contribution in [0.3, 0.4) is 0 Å². The molecule has 14 heavy (non-hydrogen) atoms. The molecule has 0 atom stereocenters. The van der Waals surface area contributed by atoms with Crippen molar-refractivity contribution in [2.75, 3.05) is 5.73 Å². The van der Waals surface area contributed by atoms with Crippen LogP contribution < -0.4 is 5.73 Å². The first-order chi connectivity index (χ1) is 6.50. The average Bonchev–Trinajstić information content (AvgIpc) is 2.09. The van der Waals surface area contributed by atoms with Crippen molar-refractivity contribution in [3.63, 3.8) is 0 Å². The van der Waals surface area contributed by atoms with Gasteiger partial charge in [-0.1, -0.05) is 11.6 Å². The maximum atomic E-state index is 10.2. The lowest BCUT2D eigenvalue weighted by Gasteiger charge is -2.01. The number of rotatable bonds is 2. The molecule has 1 heterocycles. The summed E-state index contributed by atoms with van der Waals surface area (Å²) >= 11 is 8.83. The summed E-state index contributed by atoms with van der Waals surface area (Å²) in [6.45, 7) is 0. The number of carboxylic acids is 1. The lowest BCUT2D eigenvalue weighted by Crippen LogP contribution is -1.95. The number of aliphatic carboxylic acids is 1. The van der Waals surface area contributed by atoms with Gasteiger partial charge in [0.05, 0.1) is 4.47 Å². The minimum absolute atomic E-state index is 0.190. The minimum atomic E-state index is -1.05. The highest BCUT2D eigenvalue weighted by Crippen LogP contribution is 2.24. The fourth-order valence-corrected chi connectivity index (χ4v) is 1.27. The number of halogens is 2. The summed E-state index contributed by atoms with van der Waals surface area (Å²) in [5.74, 6) is -0.855. The fourth-order valence-electron chi connectivity index (χ4n) is 0.788. The molecule has 0 aliphatic heterocycles. The first kappa shape index (κ1) is 11.0. The maximum Gasteiger partial charge on any atom is 0.328 e. The summed E-state index contributed by atoms with van der Waals surface area (Å²) in [5, 5.41) is 8.65. The van der Waals surface area contributed by atoms with Gasteiger partial charge in [-0.05, 0) is 28.1 Å². The molecule has 0 fully saturated rings. The van der Waals surface area contributed by atoms with Crippen LogP contribution >= 0.6 is 27.5 Å². The van der Waals surface area contributed by atoms with Crippen LogP contribution in [0, 0.1) is 0 Å². The molecule has 3 N–H and O–H groups in total. The van der Waals surface area contributed by atoms with E-state index in [1.165, 1.54) is 6.08 Å². The molecule has 0 saturated carbocycles. The molecule has 0 aromatic carbocycles. The molecule has 0 spiro atoms. The summed E-state index contributed by atoms with van der Waals surface area (Å²) < 4.78 is 0.568. The van der Waals surface area contributed by atoms with E-state index in [1.54, 1.807) is 6.07 Å². The van der Waals surface area contributed by atoms with Gasteiger partial charge in [0, 0.05) is 11.6 Å². The van der Waals surface area contributed by atoms with Crippen LogP contribution in [-0.2, 0) is 4.79 Å². The summed E-state index contributed by atoms with van der Waals surface area (Å²) in [4.78, 5) is 14.1. The van der Waals surface area contributed by atoms with Gasteiger partial charge < -0.3 is 10.8 Å². The van der Waals surface area contributed by atoms with Crippen molar-refractivity contribution in [1.29, 1.82) is 0 Å². The first-order valence-electron chi connectivity index (χ1n) is 3.53. The van der Waals surface area contributed by atoms with E-state index < -0.39 is 5.97 Å². The Bertz CT molecular complexity index is 407. The van der Waals surface area contributed by atoms with Gasteiger partial charge in [0.1, 0.15) is 11.0 Å². The molecular formula is C8H6BrClN2O2. The Morgan fingerprint density at radius 3 is 2.93 bits per heavy atom. The van der Waals surface area contributed by atoms with Gasteiger partial charge in [-0.15, -0.1) is 0 Å². The Labute approximate surface area is 93.5 Å². The first-order valence-corrected chi connectivity index (χ1v) is 4.70. The molecule has 1 aromatic rings. The van der Waals surface area contributed by atoms with Gasteiger partial charge >= 0.3 is 5.97 Å². The highest BCUT2D eigenvalue weighted by molar-refractivity contribution is 9.10. The van der Waals surface area contributed by atoms with Crippen molar-refractivity contribution >= 4 is 45.4 Å². The van der Waals surface area contributed by atoms with E-state index >= 15 is 0 Å². The number of anilines is 1. The number of aromatic nitrogens is 1. The van der Waals surface area contributed by atoms with Gasteiger partial charge in [-0.2, -0.15) is 0 Å². The molecule has 1 rings (SSSR count). The third-order valence-electron chi connectivity index (χ3n) is 1.40. The SMILES string of the molecule is Nc1nc(Cl)c(Br)cc1/C=C/C(=O)O. The molecule has 4 nitrogen and oxygen atoms in total. The number of carboxylic acid groups (broad SMARTS) is 1. The maximum absolute atomic E-state index is 10.2. The second-order valence-electron chi connectivity index (χ2n) is 2.41. The second-order valence-corrected chi connectivity index (χ2v) is 3.62. The Kier molecular flexibility index (Phi) is 3.49. The lowest BCUT2D eigenvalue weighted by molar-refractivity contribution is -0.131. The van der Waals surface area contributed by atoms with Gasteiger partial charge in [0.15, 0.2) is 0 Å². The van der Waals surface area contributed by atoms with E-state index in [1.807, 2.05) is 0 Å². The topological polar surface area (TPSA) is 76.2 Å². The normalized spacial score (nSPS) is 10.7. The quantitative estimate of drug-likeness (QED) is 0.642.